The van der Waals surface area contributed by atoms with Crippen LogP contribution >= 0.6 is 0 Å². The molecule has 5 nitrogen and oxygen atoms in total. The molecule has 0 radical (unpaired) electrons. The van der Waals surface area contributed by atoms with E-state index in [9.17, 15) is 9.59 Å². The molecule has 0 bridgehead atoms. The SMILES string of the molecule is Cc1cc(C)cc(N2C(=O)CC(C3CCCC=C3N3CCOCC3)C2=O)c1. The number of carbonyl (C=O) groups is 2. The molecule has 0 saturated carbocycles. The van der Waals surface area contributed by atoms with Crippen LogP contribution in [0.15, 0.2) is 30.0 Å². The molecule has 1 aromatic carbocycles. The zero-order valence-corrected chi connectivity index (χ0v) is 16.2. The Hall–Kier alpha value is -2.14. The highest BCUT2D eigenvalue weighted by Gasteiger charge is 2.45. The molecule has 27 heavy (non-hydrogen) atoms. The molecule has 144 valence electrons. The van der Waals surface area contributed by atoms with Crippen LogP contribution in [0.3, 0.4) is 0 Å². The molecular formula is C22H28N2O3. The average Bonchev–Trinajstić information content (AvgIpc) is 2.96. The number of rotatable bonds is 3. The van der Waals surface area contributed by atoms with Crippen molar-refractivity contribution >= 4 is 17.5 Å². The maximum Gasteiger partial charge on any atom is 0.238 e. The number of imide groups is 1. The lowest BCUT2D eigenvalue weighted by Gasteiger charge is -2.38. The Morgan fingerprint density at radius 1 is 1.00 bits per heavy atom. The van der Waals surface area contributed by atoms with Crippen molar-refractivity contribution in [2.45, 2.75) is 39.5 Å². The maximum absolute atomic E-state index is 13.3. The number of benzene rings is 1. The molecule has 2 saturated heterocycles. The van der Waals surface area contributed by atoms with Crippen molar-refractivity contribution in [3.63, 3.8) is 0 Å². The lowest BCUT2D eigenvalue weighted by molar-refractivity contribution is -0.123. The molecule has 3 aliphatic rings. The van der Waals surface area contributed by atoms with Gasteiger partial charge >= 0.3 is 0 Å². The second-order valence-corrected chi connectivity index (χ2v) is 7.99. The molecule has 0 spiro atoms. The van der Waals surface area contributed by atoms with E-state index in [4.69, 9.17) is 4.74 Å². The topological polar surface area (TPSA) is 49.9 Å². The zero-order valence-electron chi connectivity index (χ0n) is 16.2. The Morgan fingerprint density at radius 2 is 1.70 bits per heavy atom. The zero-order chi connectivity index (χ0) is 19.0. The highest BCUT2D eigenvalue weighted by molar-refractivity contribution is 6.21. The fourth-order valence-electron chi connectivity index (χ4n) is 4.80. The predicted molar refractivity (Wildman–Crippen MR) is 104 cm³/mol. The van der Waals surface area contributed by atoms with E-state index in [1.165, 1.54) is 10.6 Å². The Kier molecular flexibility index (Phi) is 5.04. The van der Waals surface area contributed by atoms with Crippen molar-refractivity contribution in [1.29, 1.82) is 0 Å². The molecule has 5 heteroatoms. The summed E-state index contributed by atoms with van der Waals surface area (Å²) in [5.41, 5.74) is 4.12. The number of amides is 2. The number of aryl methyl sites for hydroxylation is 2. The third-order valence-corrected chi connectivity index (χ3v) is 5.96. The van der Waals surface area contributed by atoms with Gasteiger partial charge in [-0.15, -0.1) is 0 Å². The van der Waals surface area contributed by atoms with Gasteiger partial charge in [-0.1, -0.05) is 12.1 Å². The summed E-state index contributed by atoms with van der Waals surface area (Å²) in [6.45, 7) is 7.21. The van der Waals surface area contributed by atoms with Gasteiger partial charge in [0.2, 0.25) is 11.8 Å². The van der Waals surface area contributed by atoms with Gasteiger partial charge in [0.25, 0.3) is 0 Å². The van der Waals surface area contributed by atoms with E-state index in [1.807, 2.05) is 26.0 Å². The van der Waals surface area contributed by atoms with Crippen LogP contribution in [-0.2, 0) is 14.3 Å². The number of hydrogen-bond acceptors (Lipinski definition) is 4. The summed E-state index contributed by atoms with van der Waals surface area (Å²) in [5.74, 6) is -0.199. The van der Waals surface area contributed by atoms with Crippen LogP contribution in [0.5, 0.6) is 0 Å². The molecule has 2 atom stereocenters. The summed E-state index contributed by atoms with van der Waals surface area (Å²) in [6, 6.07) is 5.93. The molecule has 1 aliphatic carbocycles. The monoisotopic (exact) mass is 368 g/mol. The average molecular weight is 368 g/mol. The summed E-state index contributed by atoms with van der Waals surface area (Å²) in [4.78, 5) is 29.9. The number of anilines is 1. The first kappa shape index (κ1) is 18.2. The molecule has 0 N–H and O–H groups in total. The van der Waals surface area contributed by atoms with E-state index in [0.29, 0.717) is 6.42 Å². The highest BCUT2D eigenvalue weighted by atomic mass is 16.5. The predicted octanol–water partition coefficient (Wildman–Crippen LogP) is 3.20. The van der Waals surface area contributed by atoms with Crippen LogP contribution in [0.1, 0.15) is 36.8 Å². The lowest BCUT2D eigenvalue weighted by Crippen LogP contribution is -2.41. The Bertz CT molecular complexity index is 760. The molecule has 0 aromatic heterocycles. The van der Waals surface area contributed by atoms with E-state index in [-0.39, 0.29) is 23.7 Å². The van der Waals surface area contributed by atoms with Gasteiger partial charge in [0.05, 0.1) is 24.8 Å². The minimum Gasteiger partial charge on any atom is -0.378 e. The van der Waals surface area contributed by atoms with Crippen molar-refractivity contribution < 1.29 is 14.3 Å². The van der Waals surface area contributed by atoms with Crippen LogP contribution in [0.4, 0.5) is 5.69 Å². The second kappa shape index (κ2) is 7.47. The van der Waals surface area contributed by atoms with Crippen molar-refractivity contribution in [3.8, 4) is 0 Å². The Balaban J connectivity index is 1.60. The maximum atomic E-state index is 13.3. The number of nitrogens with zero attached hydrogens (tertiary/aromatic N) is 2. The van der Waals surface area contributed by atoms with Gasteiger partial charge < -0.3 is 9.64 Å². The van der Waals surface area contributed by atoms with Crippen LogP contribution in [0.2, 0.25) is 0 Å². The number of allylic oxidation sites excluding steroid dienone is 2. The van der Waals surface area contributed by atoms with Gasteiger partial charge in [0, 0.05) is 31.1 Å². The fourth-order valence-corrected chi connectivity index (χ4v) is 4.80. The van der Waals surface area contributed by atoms with Gasteiger partial charge in [-0.05, 0) is 56.4 Å². The second-order valence-electron chi connectivity index (χ2n) is 7.99. The summed E-state index contributed by atoms with van der Waals surface area (Å²) in [5, 5.41) is 0. The van der Waals surface area contributed by atoms with Crippen LogP contribution in [-0.4, -0.2) is 43.0 Å². The highest BCUT2D eigenvalue weighted by Crippen LogP contribution is 2.40. The molecule has 1 aromatic rings. The van der Waals surface area contributed by atoms with Gasteiger partial charge in [0.15, 0.2) is 0 Å². The molecular weight excluding hydrogens is 340 g/mol. The smallest absolute Gasteiger partial charge is 0.238 e. The van der Waals surface area contributed by atoms with Crippen molar-refractivity contribution in [1.82, 2.24) is 4.90 Å². The lowest BCUT2D eigenvalue weighted by atomic mass is 9.80. The third kappa shape index (κ3) is 3.53. The van der Waals surface area contributed by atoms with E-state index in [2.05, 4.69) is 17.0 Å². The van der Waals surface area contributed by atoms with Crippen molar-refractivity contribution in [3.05, 3.63) is 41.1 Å². The summed E-state index contributed by atoms with van der Waals surface area (Å²) < 4.78 is 5.49. The summed E-state index contributed by atoms with van der Waals surface area (Å²) in [6.07, 6.45) is 5.72. The summed E-state index contributed by atoms with van der Waals surface area (Å²) >= 11 is 0. The number of hydrogen-bond donors (Lipinski definition) is 0. The normalized spacial score (nSPS) is 26.5. The first-order chi connectivity index (χ1) is 13.0. The molecule has 2 fully saturated rings. The van der Waals surface area contributed by atoms with Crippen LogP contribution in [0.25, 0.3) is 0 Å². The number of morpholine rings is 1. The largest absolute Gasteiger partial charge is 0.378 e. The van der Waals surface area contributed by atoms with E-state index in [0.717, 1.165) is 62.4 Å². The van der Waals surface area contributed by atoms with Gasteiger partial charge in [0.1, 0.15) is 0 Å². The molecule has 2 heterocycles. The standard InChI is InChI=1S/C22H28N2O3/c1-15-11-16(2)13-17(12-15)24-21(25)14-19(22(24)26)18-5-3-4-6-20(18)23-7-9-27-10-8-23/h6,11-13,18-19H,3-5,7-10,14H2,1-2H3. The number of ether oxygens (including phenoxy) is 1. The van der Waals surface area contributed by atoms with Crippen molar-refractivity contribution in [2.75, 3.05) is 31.2 Å². The number of carbonyl (C=O) groups excluding carboxylic acids is 2. The first-order valence-electron chi connectivity index (χ1n) is 10.0. The Morgan fingerprint density at radius 3 is 2.41 bits per heavy atom. The van der Waals surface area contributed by atoms with E-state index < -0.39 is 0 Å². The van der Waals surface area contributed by atoms with Crippen LogP contribution < -0.4 is 4.90 Å². The van der Waals surface area contributed by atoms with Gasteiger partial charge in [-0.2, -0.15) is 0 Å². The quantitative estimate of drug-likeness (QED) is 0.769. The van der Waals surface area contributed by atoms with Crippen LogP contribution in [0, 0.1) is 25.7 Å². The van der Waals surface area contributed by atoms with E-state index >= 15 is 0 Å². The van der Waals surface area contributed by atoms with E-state index in [1.54, 1.807) is 0 Å². The Labute approximate surface area is 161 Å². The minimum absolute atomic E-state index is 0.0314. The van der Waals surface area contributed by atoms with Gasteiger partial charge in [-0.3, -0.25) is 14.5 Å². The molecule has 2 aliphatic heterocycles. The molecule has 2 unspecified atom stereocenters. The fraction of sp³-hybridized carbons (Fsp3) is 0.545. The minimum atomic E-state index is -0.243. The summed E-state index contributed by atoms with van der Waals surface area (Å²) in [7, 11) is 0. The van der Waals surface area contributed by atoms with Crippen molar-refractivity contribution in [2.24, 2.45) is 11.8 Å². The third-order valence-electron chi connectivity index (χ3n) is 5.96. The molecule has 4 rings (SSSR count). The molecule has 2 amide bonds. The van der Waals surface area contributed by atoms with Gasteiger partial charge in [-0.25, -0.2) is 0 Å². The first-order valence-corrected chi connectivity index (χ1v) is 10.0.